The number of aromatic nitrogens is 3. The van der Waals surface area contributed by atoms with Crippen molar-refractivity contribution in [2.45, 2.75) is 0 Å². The van der Waals surface area contributed by atoms with Crippen molar-refractivity contribution in [2.75, 3.05) is 19.1 Å². The maximum atomic E-state index is 5.41. The molecule has 7 heteroatoms. The summed E-state index contributed by atoms with van der Waals surface area (Å²) in [6, 6.07) is 68.7. The molecule has 0 saturated heterocycles. The SMILES string of the molecule is COc1ccc(-c2ccc(N(c3ccc(-c4ccc(OC)cc4)cc3)c3ccc(-c4ccc5c6c7ccccc7ccc6n(-c6ccccc6)c5c4)c4nsnc34)cc2)cc1. The van der Waals surface area contributed by atoms with E-state index in [4.69, 9.17) is 18.2 Å². The molecule has 2 aromatic heterocycles. The molecule has 0 spiro atoms. The molecule has 11 aromatic rings. The van der Waals surface area contributed by atoms with Crippen LogP contribution in [0.5, 0.6) is 11.5 Å². The van der Waals surface area contributed by atoms with E-state index in [0.717, 1.165) is 84.2 Å². The van der Waals surface area contributed by atoms with Crippen molar-refractivity contribution in [3.63, 3.8) is 0 Å². The van der Waals surface area contributed by atoms with Gasteiger partial charge in [0.1, 0.15) is 22.5 Å². The van der Waals surface area contributed by atoms with Crippen LogP contribution in [-0.2, 0) is 0 Å². The summed E-state index contributed by atoms with van der Waals surface area (Å²) in [5.74, 6) is 1.67. The third-order valence-corrected chi connectivity index (χ3v) is 12.2. The molecule has 0 unspecified atom stereocenters. The van der Waals surface area contributed by atoms with Crippen LogP contribution in [0.3, 0.4) is 0 Å². The van der Waals surface area contributed by atoms with Crippen LogP contribution >= 0.6 is 11.7 Å². The molecular weight excluding hydrogens is 769 g/mol. The summed E-state index contributed by atoms with van der Waals surface area (Å²) in [5.41, 5.74) is 14.7. The molecule has 0 aliphatic rings. The van der Waals surface area contributed by atoms with E-state index in [9.17, 15) is 0 Å². The number of methoxy groups -OCH3 is 2. The lowest BCUT2D eigenvalue weighted by molar-refractivity contribution is 0.415. The molecule has 9 aromatic carbocycles. The Bertz CT molecular complexity index is 3270. The largest absolute Gasteiger partial charge is 0.497 e. The molecule has 292 valence electrons. The van der Waals surface area contributed by atoms with Crippen molar-refractivity contribution in [1.82, 2.24) is 13.3 Å². The zero-order valence-electron chi connectivity index (χ0n) is 33.5. The summed E-state index contributed by atoms with van der Waals surface area (Å²) in [6.07, 6.45) is 0. The number of para-hydroxylation sites is 1. The quantitative estimate of drug-likeness (QED) is 0.145. The molecule has 0 bridgehead atoms. The van der Waals surface area contributed by atoms with E-state index in [2.05, 4.69) is 179 Å². The summed E-state index contributed by atoms with van der Waals surface area (Å²) in [7, 11) is 3.38. The van der Waals surface area contributed by atoms with Gasteiger partial charge in [0.15, 0.2) is 0 Å². The number of hydrogen-bond donors (Lipinski definition) is 0. The smallest absolute Gasteiger partial charge is 0.129 e. The first-order valence-electron chi connectivity index (χ1n) is 20.2. The highest BCUT2D eigenvalue weighted by Crippen LogP contribution is 2.44. The molecule has 11 rings (SSSR count). The molecule has 0 aliphatic heterocycles. The van der Waals surface area contributed by atoms with E-state index in [1.165, 1.54) is 38.8 Å². The normalized spacial score (nSPS) is 11.4. The average molecular weight is 807 g/mol. The molecule has 0 saturated carbocycles. The number of hydrogen-bond acceptors (Lipinski definition) is 6. The minimum atomic E-state index is 0.834. The Morgan fingerprint density at radius 1 is 0.459 bits per heavy atom. The summed E-state index contributed by atoms with van der Waals surface area (Å²) in [6.45, 7) is 0. The predicted molar refractivity (Wildman–Crippen MR) is 253 cm³/mol. The summed E-state index contributed by atoms with van der Waals surface area (Å²) < 4.78 is 23.2. The standard InChI is InChI=1S/C54H38N4O2S/c1-59-44-26-16-37(17-27-44)35-12-22-42(23-13-35)57(43-24-14-36(15-25-43)38-18-28-45(60-2)29-19-38)50-33-31-47(53-54(50)56-61-55-53)40-20-30-48-51(34-40)58(41-9-4-3-5-10-41)49-32-21-39-8-6-7-11-46(39)52(48)49/h3-34H,1-2H3. The summed E-state index contributed by atoms with van der Waals surface area (Å²) in [5, 5.41) is 4.95. The van der Waals surface area contributed by atoms with Crippen LogP contribution in [0.15, 0.2) is 194 Å². The van der Waals surface area contributed by atoms with Crippen LogP contribution in [0.1, 0.15) is 0 Å². The first kappa shape index (κ1) is 36.3. The van der Waals surface area contributed by atoms with Gasteiger partial charge in [-0.2, -0.15) is 8.75 Å². The number of benzene rings is 9. The predicted octanol–water partition coefficient (Wildman–Crippen LogP) is 14.4. The van der Waals surface area contributed by atoms with Crippen LogP contribution in [-0.4, -0.2) is 27.5 Å². The van der Waals surface area contributed by atoms with Crippen LogP contribution < -0.4 is 14.4 Å². The fourth-order valence-electron chi connectivity index (χ4n) is 8.68. The Balaban J connectivity index is 1.05. The van der Waals surface area contributed by atoms with E-state index in [0.29, 0.717) is 0 Å². The second kappa shape index (κ2) is 15.1. The Hall–Kier alpha value is -7.74. The number of fused-ring (bicyclic) bond motifs is 6. The lowest BCUT2D eigenvalue weighted by atomic mass is 9.99. The molecule has 0 aliphatic carbocycles. The van der Waals surface area contributed by atoms with E-state index in [-0.39, 0.29) is 0 Å². The van der Waals surface area contributed by atoms with Crippen LogP contribution in [0, 0.1) is 0 Å². The average Bonchev–Trinajstić information content (AvgIpc) is 3.96. The van der Waals surface area contributed by atoms with Gasteiger partial charge in [0.25, 0.3) is 0 Å². The van der Waals surface area contributed by atoms with Gasteiger partial charge in [-0.3, -0.25) is 0 Å². The van der Waals surface area contributed by atoms with Gasteiger partial charge in [-0.1, -0.05) is 109 Å². The summed E-state index contributed by atoms with van der Waals surface area (Å²) >= 11 is 1.25. The molecule has 0 N–H and O–H groups in total. The van der Waals surface area contributed by atoms with Gasteiger partial charge >= 0.3 is 0 Å². The van der Waals surface area contributed by atoms with Crippen molar-refractivity contribution >= 4 is 72.4 Å². The molecule has 2 heterocycles. The van der Waals surface area contributed by atoms with Gasteiger partial charge in [0, 0.05) is 33.4 Å². The molecular formula is C54H38N4O2S. The van der Waals surface area contributed by atoms with Crippen LogP contribution in [0.2, 0.25) is 0 Å². The maximum absolute atomic E-state index is 5.41. The fourth-order valence-corrected chi connectivity index (χ4v) is 9.25. The van der Waals surface area contributed by atoms with E-state index in [1.54, 1.807) is 14.2 Å². The first-order valence-corrected chi connectivity index (χ1v) is 20.9. The number of ether oxygens (including phenoxy) is 2. The van der Waals surface area contributed by atoms with Gasteiger partial charge < -0.3 is 18.9 Å². The molecule has 0 radical (unpaired) electrons. The second-order valence-corrected chi connectivity index (χ2v) is 15.6. The fraction of sp³-hybridized carbons (Fsp3) is 0.0370. The summed E-state index contributed by atoms with van der Waals surface area (Å²) in [4.78, 5) is 2.28. The minimum absolute atomic E-state index is 0.834. The minimum Gasteiger partial charge on any atom is -0.497 e. The number of anilines is 3. The van der Waals surface area contributed by atoms with E-state index < -0.39 is 0 Å². The van der Waals surface area contributed by atoms with Gasteiger partial charge in [0.05, 0.1) is 42.7 Å². The van der Waals surface area contributed by atoms with Crippen molar-refractivity contribution in [2.24, 2.45) is 0 Å². The Kier molecular flexibility index (Phi) is 9.02. The molecule has 0 amide bonds. The van der Waals surface area contributed by atoms with Crippen LogP contribution in [0.4, 0.5) is 17.1 Å². The Morgan fingerprint density at radius 2 is 1.02 bits per heavy atom. The van der Waals surface area contributed by atoms with Crippen LogP contribution in [0.25, 0.3) is 82.7 Å². The topological polar surface area (TPSA) is 52.4 Å². The third kappa shape index (κ3) is 6.34. The lowest BCUT2D eigenvalue weighted by Gasteiger charge is -2.26. The lowest BCUT2D eigenvalue weighted by Crippen LogP contribution is -2.10. The van der Waals surface area contributed by atoms with Crippen molar-refractivity contribution in [3.05, 3.63) is 194 Å². The number of nitrogens with zero attached hydrogens (tertiary/aromatic N) is 4. The molecule has 0 fully saturated rings. The van der Waals surface area contributed by atoms with E-state index >= 15 is 0 Å². The van der Waals surface area contributed by atoms with Gasteiger partial charge in [-0.15, -0.1) is 0 Å². The molecule has 0 atom stereocenters. The highest BCUT2D eigenvalue weighted by atomic mass is 32.1. The van der Waals surface area contributed by atoms with Crippen molar-refractivity contribution in [1.29, 1.82) is 0 Å². The highest BCUT2D eigenvalue weighted by molar-refractivity contribution is 7.00. The Morgan fingerprint density at radius 3 is 1.64 bits per heavy atom. The third-order valence-electron chi connectivity index (χ3n) is 11.7. The van der Waals surface area contributed by atoms with Crippen molar-refractivity contribution in [3.8, 4) is 50.6 Å². The zero-order valence-corrected chi connectivity index (χ0v) is 34.3. The van der Waals surface area contributed by atoms with Gasteiger partial charge in [-0.25, -0.2) is 0 Å². The van der Waals surface area contributed by atoms with Crippen molar-refractivity contribution < 1.29 is 9.47 Å². The van der Waals surface area contributed by atoms with Gasteiger partial charge in [0.2, 0.25) is 0 Å². The highest BCUT2D eigenvalue weighted by Gasteiger charge is 2.22. The van der Waals surface area contributed by atoms with E-state index in [1.807, 2.05) is 24.3 Å². The monoisotopic (exact) mass is 806 g/mol. The second-order valence-electron chi connectivity index (χ2n) is 15.1. The Labute approximate surface area is 357 Å². The molecule has 6 nitrogen and oxygen atoms in total. The zero-order chi connectivity index (χ0) is 40.9. The number of rotatable bonds is 9. The van der Waals surface area contributed by atoms with Gasteiger partial charge in [-0.05, 0) is 124 Å². The maximum Gasteiger partial charge on any atom is 0.129 e. The molecule has 61 heavy (non-hydrogen) atoms. The first-order chi connectivity index (χ1) is 30.1.